The van der Waals surface area contributed by atoms with Gasteiger partial charge in [-0.2, -0.15) is 0 Å². The van der Waals surface area contributed by atoms with Crippen LogP contribution in [0, 0.1) is 3.57 Å². The quantitative estimate of drug-likeness (QED) is 0.703. The largest absolute Gasteiger partial charge is 0.264 e. The van der Waals surface area contributed by atoms with Crippen LogP contribution < -0.4 is 0 Å². The fourth-order valence-electron chi connectivity index (χ4n) is 0.563. The van der Waals surface area contributed by atoms with E-state index >= 15 is 0 Å². The van der Waals surface area contributed by atoms with Crippen LogP contribution in [0.15, 0.2) is 18.5 Å². The lowest BCUT2D eigenvalue weighted by Gasteiger charge is -1.99. The predicted molar refractivity (Wildman–Crippen MR) is 41.9 cm³/mol. The number of pyridine rings is 1. The van der Waals surface area contributed by atoms with Crippen molar-refractivity contribution in [2.24, 2.45) is 0 Å². The molecule has 1 aromatic rings. The van der Waals surface area contributed by atoms with Gasteiger partial charge in [0.1, 0.15) is 0 Å². The van der Waals surface area contributed by atoms with Crippen molar-refractivity contribution in [1.82, 2.24) is 4.98 Å². The third-order valence-electron chi connectivity index (χ3n) is 1.04. The summed E-state index contributed by atoms with van der Waals surface area (Å²) in [6, 6.07) is 1.33. The van der Waals surface area contributed by atoms with Gasteiger partial charge < -0.3 is 0 Å². The molecule has 0 fully saturated rings. The summed E-state index contributed by atoms with van der Waals surface area (Å²) in [5.41, 5.74) is 0.0515. The van der Waals surface area contributed by atoms with Crippen molar-refractivity contribution in [3.8, 4) is 0 Å². The lowest BCUT2D eigenvalue weighted by molar-refractivity contribution is 0.150. The molecule has 1 aromatic heterocycles. The van der Waals surface area contributed by atoms with E-state index in [1.165, 1.54) is 18.5 Å². The molecule has 1 heterocycles. The van der Waals surface area contributed by atoms with E-state index in [0.29, 0.717) is 3.57 Å². The molecule has 0 atom stereocenters. The van der Waals surface area contributed by atoms with Crippen LogP contribution in [0.3, 0.4) is 0 Å². The number of rotatable bonds is 1. The first-order valence-corrected chi connectivity index (χ1v) is 3.67. The molecule has 0 amide bonds. The maximum absolute atomic E-state index is 12.0. The SMILES string of the molecule is FC(F)c1ccncc1I. The van der Waals surface area contributed by atoms with E-state index in [9.17, 15) is 8.78 Å². The van der Waals surface area contributed by atoms with E-state index in [4.69, 9.17) is 0 Å². The zero-order valence-corrected chi connectivity index (χ0v) is 7.05. The van der Waals surface area contributed by atoms with Gasteiger partial charge in [-0.1, -0.05) is 0 Å². The van der Waals surface area contributed by atoms with E-state index in [1.54, 1.807) is 0 Å². The molecule has 0 saturated heterocycles. The first-order chi connectivity index (χ1) is 4.72. The van der Waals surface area contributed by atoms with Crippen molar-refractivity contribution in [2.45, 2.75) is 6.43 Å². The highest BCUT2D eigenvalue weighted by Crippen LogP contribution is 2.22. The molecule has 10 heavy (non-hydrogen) atoms. The summed E-state index contributed by atoms with van der Waals surface area (Å²) in [4.78, 5) is 3.69. The standard InChI is InChI=1S/C6H4F2IN/c7-6(8)4-1-2-10-3-5(4)9/h1-3,6H. The number of hydrogen-bond donors (Lipinski definition) is 0. The Balaban J connectivity index is 3.03. The van der Waals surface area contributed by atoms with Crippen LogP contribution in [-0.4, -0.2) is 4.98 Å². The number of aromatic nitrogens is 1. The van der Waals surface area contributed by atoms with Crippen molar-refractivity contribution >= 4 is 22.6 Å². The van der Waals surface area contributed by atoms with Crippen LogP contribution in [-0.2, 0) is 0 Å². The number of halogens is 3. The van der Waals surface area contributed by atoms with Gasteiger partial charge in [0, 0.05) is 21.5 Å². The number of nitrogens with zero attached hydrogens (tertiary/aromatic N) is 1. The van der Waals surface area contributed by atoms with E-state index in [1.807, 2.05) is 22.6 Å². The lowest BCUT2D eigenvalue weighted by atomic mass is 10.3. The van der Waals surface area contributed by atoms with Gasteiger partial charge in [0.25, 0.3) is 6.43 Å². The summed E-state index contributed by atoms with van der Waals surface area (Å²) >= 11 is 1.83. The van der Waals surface area contributed by atoms with Crippen molar-refractivity contribution in [1.29, 1.82) is 0 Å². The second-order valence-electron chi connectivity index (χ2n) is 1.70. The number of alkyl halides is 2. The van der Waals surface area contributed by atoms with Crippen LogP contribution >= 0.6 is 22.6 Å². The Morgan fingerprint density at radius 2 is 2.20 bits per heavy atom. The molecule has 0 unspecified atom stereocenters. The van der Waals surface area contributed by atoms with Gasteiger partial charge in [-0.05, 0) is 28.7 Å². The second-order valence-corrected chi connectivity index (χ2v) is 2.86. The monoisotopic (exact) mass is 255 g/mol. The molecular formula is C6H4F2IN. The van der Waals surface area contributed by atoms with Crippen molar-refractivity contribution in [3.63, 3.8) is 0 Å². The normalized spacial score (nSPS) is 10.4. The molecule has 54 valence electrons. The van der Waals surface area contributed by atoms with E-state index in [0.717, 1.165) is 0 Å². The van der Waals surface area contributed by atoms with E-state index < -0.39 is 6.43 Å². The van der Waals surface area contributed by atoms with Crippen LogP contribution in [0.2, 0.25) is 0 Å². The zero-order chi connectivity index (χ0) is 7.56. The van der Waals surface area contributed by atoms with Gasteiger partial charge in [-0.25, -0.2) is 8.78 Å². The Bertz CT molecular complexity index is 227. The zero-order valence-electron chi connectivity index (χ0n) is 4.89. The van der Waals surface area contributed by atoms with E-state index in [-0.39, 0.29) is 5.56 Å². The minimum Gasteiger partial charge on any atom is -0.264 e. The van der Waals surface area contributed by atoms with Crippen LogP contribution in [0.25, 0.3) is 0 Å². The number of hydrogen-bond acceptors (Lipinski definition) is 1. The molecule has 0 bridgehead atoms. The summed E-state index contributed by atoms with van der Waals surface area (Å²) in [5.74, 6) is 0. The first-order valence-electron chi connectivity index (χ1n) is 2.59. The third kappa shape index (κ3) is 1.62. The Labute approximate surface area is 70.6 Å². The molecule has 0 aromatic carbocycles. The van der Waals surface area contributed by atoms with Crippen LogP contribution in [0.5, 0.6) is 0 Å². The Morgan fingerprint density at radius 3 is 2.60 bits per heavy atom. The maximum Gasteiger partial charge on any atom is 0.264 e. The summed E-state index contributed by atoms with van der Waals surface area (Å²) in [6.07, 6.45) is 0.390. The van der Waals surface area contributed by atoms with Gasteiger partial charge in [-0.3, -0.25) is 4.98 Å². The molecule has 1 rings (SSSR count). The molecule has 1 nitrogen and oxygen atoms in total. The highest BCUT2D eigenvalue weighted by molar-refractivity contribution is 14.1. The second kappa shape index (κ2) is 3.23. The van der Waals surface area contributed by atoms with Crippen LogP contribution in [0.1, 0.15) is 12.0 Å². The van der Waals surface area contributed by atoms with Crippen molar-refractivity contribution < 1.29 is 8.78 Å². The first kappa shape index (κ1) is 7.84. The lowest BCUT2D eigenvalue weighted by Crippen LogP contribution is -1.88. The third-order valence-corrected chi connectivity index (χ3v) is 1.94. The smallest absolute Gasteiger partial charge is 0.264 e. The maximum atomic E-state index is 12.0. The topological polar surface area (TPSA) is 12.9 Å². The Kier molecular flexibility index (Phi) is 2.53. The van der Waals surface area contributed by atoms with Crippen LogP contribution in [0.4, 0.5) is 8.78 Å². The average molecular weight is 255 g/mol. The minimum absolute atomic E-state index is 0.0515. The fraction of sp³-hybridized carbons (Fsp3) is 0.167. The fourth-order valence-corrected chi connectivity index (χ4v) is 1.14. The molecule has 0 aliphatic rings. The molecule has 4 heteroatoms. The Hall–Kier alpha value is -0.260. The average Bonchev–Trinajstić information content (AvgIpc) is 1.88. The highest BCUT2D eigenvalue weighted by atomic mass is 127. The Morgan fingerprint density at radius 1 is 1.50 bits per heavy atom. The molecular weight excluding hydrogens is 251 g/mol. The molecule has 0 radical (unpaired) electrons. The van der Waals surface area contributed by atoms with Gasteiger partial charge in [0.15, 0.2) is 0 Å². The van der Waals surface area contributed by atoms with Crippen molar-refractivity contribution in [2.75, 3.05) is 0 Å². The van der Waals surface area contributed by atoms with E-state index in [2.05, 4.69) is 4.98 Å². The minimum atomic E-state index is -2.39. The van der Waals surface area contributed by atoms with Gasteiger partial charge >= 0.3 is 0 Å². The molecule has 0 spiro atoms. The van der Waals surface area contributed by atoms with Gasteiger partial charge in [0.2, 0.25) is 0 Å². The molecule has 0 saturated carbocycles. The summed E-state index contributed by atoms with van der Waals surface area (Å²) in [7, 11) is 0. The summed E-state index contributed by atoms with van der Waals surface area (Å²) in [6.45, 7) is 0. The summed E-state index contributed by atoms with van der Waals surface area (Å²) < 4.78 is 24.5. The highest BCUT2D eigenvalue weighted by Gasteiger charge is 2.09. The predicted octanol–water partition coefficient (Wildman–Crippen LogP) is 2.62. The van der Waals surface area contributed by atoms with Crippen molar-refractivity contribution in [3.05, 3.63) is 27.6 Å². The molecule has 0 N–H and O–H groups in total. The molecule has 0 aliphatic heterocycles. The summed E-state index contributed by atoms with van der Waals surface area (Å²) in [5, 5.41) is 0. The van der Waals surface area contributed by atoms with Gasteiger partial charge in [-0.15, -0.1) is 0 Å². The van der Waals surface area contributed by atoms with Gasteiger partial charge in [0.05, 0.1) is 0 Å². The molecule has 0 aliphatic carbocycles.